The molecule has 0 atom stereocenters. The van der Waals surface area contributed by atoms with Gasteiger partial charge in [0.05, 0.1) is 12.6 Å². The van der Waals surface area contributed by atoms with E-state index in [0.717, 1.165) is 0 Å². The van der Waals surface area contributed by atoms with Crippen LogP contribution in [0.25, 0.3) is 0 Å². The minimum Gasteiger partial charge on any atom is -0.447 e. The van der Waals surface area contributed by atoms with Gasteiger partial charge in [0.25, 0.3) is 0 Å². The van der Waals surface area contributed by atoms with Crippen molar-refractivity contribution in [2.24, 2.45) is 0 Å². The highest BCUT2D eigenvalue weighted by molar-refractivity contribution is 5.67. The molecule has 8 heteroatoms. The smallest absolute Gasteiger partial charge is 0.407 e. The normalized spacial score (nSPS) is 10.4. The summed E-state index contributed by atoms with van der Waals surface area (Å²) in [4.78, 5) is 25.3. The number of hydrogen-bond donors (Lipinski definition) is 1. The summed E-state index contributed by atoms with van der Waals surface area (Å²) in [5.74, 6) is 0.437. The van der Waals surface area contributed by atoms with Gasteiger partial charge in [0.15, 0.2) is 5.82 Å². The van der Waals surface area contributed by atoms with Gasteiger partial charge in [-0.25, -0.2) is 14.3 Å². The van der Waals surface area contributed by atoms with Crippen molar-refractivity contribution in [3.8, 4) is 0 Å². The van der Waals surface area contributed by atoms with Crippen LogP contribution in [0.4, 0.5) is 10.6 Å². The minimum absolute atomic E-state index is 0.0912. The van der Waals surface area contributed by atoms with Gasteiger partial charge in [-0.3, -0.25) is 0 Å². The van der Waals surface area contributed by atoms with E-state index in [1.807, 2.05) is 0 Å². The fourth-order valence-corrected chi connectivity index (χ4v) is 1.40. The molecule has 1 aromatic heterocycles. The van der Waals surface area contributed by atoms with Gasteiger partial charge in [0, 0.05) is 6.92 Å². The predicted octanol–water partition coefficient (Wildman–Crippen LogP) is 1.23. The Hall–Kier alpha value is -2.12. The number of amides is 1. The number of aromatic nitrogens is 2. The largest absolute Gasteiger partial charge is 0.447 e. The number of aryl methyl sites for hydroxylation is 1. The van der Waals surface area contributed by atoms with Crippen LogP contribution in [-0.2, 0) is 11.3 Å². The van der Waals surface area contributed by atoms with Crippen molar-refractivity contribution < 1.29 is 14.5 Å². The summed E-state index contributed by atoms with van der Waals surface area (Å²) >= 11 is 0. The first kappa shape index (κ1) is 13.9. The van der Waals surface area contributed by atoms with Gasteiger partial charge >= 0.3 is 11.9 Å². The zero-order chi connectivity index (χ0) is 13.7. The Morgan fingerprint density at radius 3 is 2.89 bits per heavy atom. The van der Waals surface area contributed by atoms with E-state index in [1.165, 1.54) is 10.8 Å². The number of nitrogens with one attached hydrogen (secondary N) is 1. The van der Waals surface area contributed by atoms with Crippen molar-refractivity contribution in [1.82, 2.24) is 14.9 Å². The van der Waals surface area contributed by atoms with Crippen LogP contribution in [0, 0.1) is 17.0 Å². The van der Waals surface area contributed by atoms with Crippen molar-refractivity contribution in [2.45, 2.75) is 33.4 Å². The van der Waals surface area contributed by atoms with Crippen LogP contribution < -0.4 is 5.32 Å². The topological polar surface area (TPSA) is 99.3 Å². The first-order valence-corrected chi connectivity index (χ1v) is 5.52. The van der Waals surface area contributed by atoms with Gasteiger partial charge in [0.2, 0.25) is 0 Å². The quantitative estimate of drug-likeness (QED) is 0.631. The summed E-state index contributed by atoms with van der Waals surface area (Å²) in [7, 11) is 0. The van der Waals surface area contributed by atoms with Crippen LogP contribution in [0.3, 0.4) is 0 Å². The maximum Gasteiger partial charge on any atom is 0.407 e. The molecule has 0 spiro atoms. The predicted molar refractivity (Wildman–Crippen MR) is 63.2 cm³/mol. The number of carbonyl (C=O) groups excluding carboxylic acids is 1. The maximum absolute atomic E-state index is 11.2. The first-order chi connectivity index (χ1) is 8.41. The molecule has 0 fully saturated rings. The molecule has 1 N–H and O–H groups in total. The number of carbonyl (C=O) groups is 1. The Bertz CT molecular complexity index is 441. The highest BCUT2D eigenvalue weighted by Gasteiger charge is 2.17. The lowest BCUT2D eigenvalue weighted by atomic mass is 10.5. The third-order valence-electron chi connectivity index (χ3n) is 2.17. The van der Waals surface area contributed by atoms with Gasteiger partial charge in [-0.05, 0) is 18.8 Å². The number of hydrogen-bond acceptors (Lipinski definition) is 5. The van der Waals surface area contributed by atoms with Crippen molar-refractivity contribution >= 4 is 11.9 Å². The van der Waals surface area contributed by atoms with Gasteiger partial charge in [-0.15, -0.1) is 0 Å². The molecule has 0 unspecified atom stereocenters. The third-order valence-corrected chi connectivity index (χ3v) is 2.17. The zero-order valence-corrected chi connectivity index (χ0v) is 10.5. The molecule has 0 bridgehead atoms. The van der Waals surface area contributed by atoms with E-state index in [9.17, 15) is 14.9 Å². The average Bonchev–Trinajstić information content (AvgIpc) is 2.59. The second-order valence-corrected chi connectivity index (χ2v) is 3.95. The zero-order valence-electron chi connectivity index (χ0n) is 10.5. The Kier molecular flexibility index (Phi) is 4.64. The molecular formula is C10H16N4O4. The van der Waals surface area contributed by atoms with Crippen LogP contribution in [0.1, 0.15) is 19.7 Å². The maximum atomic E-state index is 11.2. The Labute approximate surface area is 104 Å². The van der Waals surface area contributed by atoms with Gasteiger partial charge < -0.3 is 20.2 Å². The lowest BCUT2D eigenvalue weighted by molar-refractivity contribution is -0.392. The molecule has 8 nitrogen and oxygen atoms in total. The van der Waals surface area contributed by atoms with Gasteiger partial charge in [0.1, 0.15) is 12.7 Å². The molecule has 0 radical (unpaired) electrons. The number of rotatable bonds is 5. The van der Waals surface area contributed by atoms with Crippen molar-refractivity contribution in [3.05, 3.63) is 22.1 Å². The average molecular weight is 256 g/mol. The van der Waals surface area contributed by atoms with Gasteiger partial charge in [-0.1, -0.05) is 0 Å². The first-order valence-electron chi connectivity index (χ1n) is 5.52. The highest BCUT2D eigenvalue weighted by Crippen LogP contribution is 2.12. The summed E-state index contributed by atoms with van der Waals surface area (Å²) in [6.45, 7) is 5.66. The summed E-state index contributed by atoms with van der Waals surface area (Å²) < 4.78 is 6.30. The van der Waals surface area contributed by atoms with Crippen LogP contribution in [0.5, 0.6) is 0 Å². The summed E-state index contributed by atoms with van der Waals surface area (Å²) in [5.41, 5.74) is 0. The molecule has 1 rings (SSSR count). The molecule has 0 aliphatic rings. The van der Waals surface area contributed by atoms with E-state index in [-0.39, 0.29) is 25.0 Å². The molecule has 18 heavy (non-hydrogen) atoms. The molecular weight excluding hydrogens is 240 g/mol. The summed E-state index contributed by atoms with van der Waals surface area (Å²) in [5, 5.41) is 13.2. The second kappa shape index (κ2) is 5.99. The summed E-state index contributed by atoms with van der Waals surface area (Å²) in [6.07, 6.45) is 0.460. The lowest BCUT2D eigenvalue weighted by Gasteiger charge is -2.09. The fourth-order valence-electron chi connectivity index (χ4n) is 1.40. The SMILES string of the molecule is Cc1ncc([N+](=O)[O-])n1CCNC(=O)OC(C)C. The van der Waals surface area contributed by atoms with Crippen molar-refractivity contribution in [2.75, 3.05) is 6.54 Å². The molecule has 0 saturated heterocycles. The van der Waals surface area contributed by atoms with Crippen LogP contribution in [-0.4, -0.2) is 33.2 Å². The molecule has 0 saturated carbocycles. The Morgan fingerprint density at radius 2 is 2.33 bits per heavy atom. The van der Waals surface area contributed by atoms with Crippen molar-refractivity contribution in [3.63, 3.8) is 0 Å². The van der Waals surface area contributed by atoms with E-state index < -0.39 is 11.0 Å². The Morgan fingerprint density at radius 1 is 1.67 bits per heavy atom. The fraction of sp³-hybridized carbons (Fsp3) is 0.600. The molecule has 0 aromatic carbocycles. The number of imidazole rings is 1. The van der Waals surface area contributed by atoms with Crippen LogP contribution in [0.15, 0.2) is 6.20 Å². The summed E-state index contributed by atoms with van der Waals surface area (Å²) in [6, 6.07) is 0. The van der Waals surface area contributed by atoms with Gasteiger partial charge in [-0.2, -0.15) is 0 Å². The number of nitrogens with zero attached hydrogens (tertiary/aromatic N) is 3. The van der Waals surface area contributed by atoms with Crippen molar-refractivity contribution in [1.29, 1.82) is 0 Å². The van der Waals surface area contributed by atoms with Crippen LogP contribution in [0.2, 0.25) is 0 Å². The molecule has 0 aliphatic carbocycles. The number of ether oxygens (including phenoxy) is 1. The molecule has 1 amide bonds. The van der Waals surface area contributed by atoms with E-state index in [4.69, 9.17) is 4.74 Å². The van der Waals surface area contributed by atoms with E-state index in [0.29, 0.717) is 5.82 Å². The Balaban J connectivity index is 2.51. The standard InChI is InChI=1S/C10H16N4O4/c1-7(2)18-10(15)11-4-5-13-8(3)12-6-9(13)14(16)17/h6-7H,4-5H2,1-3H3,(H,11,15). The molecule has 1 aromatic rings. The molecule has 100 valence electrons. The van der Waals surface area contributed by atoms with E-state index in [2.05, 4.69) is 10.3 Å². The number of nitro groups is 1. The minimum atomic E-state index is -0.537. The number of alkyl carbamates (subject to hydrolysis) is 1. The second-order valence-electron chi connectivity index (χ2n) is 3.95. The monoisotopic (exact) mass is 256 g/mol. The van der Waals surface area contributed by atoms with Crippen LogP contribution >= 0.6 is 0 Å². The van der Waals surface area contributed by atoms with E-state index >= 15 is 0 Å². The molecule has 1 heterocycles. The lowest BCUT2D eigenvalue weighted by Crippen LogP contribution is -2.30. The van der Waals surface area contributed by atoms with E-state index in [1.54, 1.807) is 20.8 Å². The highest BCUT2D eigenvalue weighted by atomic mass is 16.6. The third kappa shape index (κ3) is 3.72. The molecule has 0 aliphatic heterocycles.